The number of rotatable bonds is 4. The van der Waals surface area contributed by atoms with Crippen molar-refractivity contribution in [1.29, 1.82) is 0 Å². The van der Waals surface area contributed by atoms with Gasteiger partial charge in [-0.1, -0.05) is 19.1 Å². The van der Waals surface area contributed by atoms with Crippen LogP contribution in [0.4, 0.5) is 0 Å². The molecule has 0 bridgehead atoms. The van der Waals surface area contributed by atoms with E-state index in [1.54, 1.807) is 37.4 Å². The van der Waals surface area contributed by atoms with Crippen molar-refractivity contribution in [1.82, 2.24) is 10.4 Å². The molecule has 2 aromatic carbocycles. The lowest BCUT2D eigenvalue weighted by molar-refractivity contribution is 0.0355. The van der Waals surface area contributed by atoms with E-state index in [1.807, 2.05) is 33.8 Å². The van der Waals surface area contributed by atoms with Crippen LogP contribution in [-0.4, -0.2) is 36.3 Å². The summed E-state index contributed by atoms with van der Waals surface area (Å²) >= 11 is 0. The van der Waals surface area contributed by atoms with E-state index < -0.39 is 5.54 Å². The maximum absolute atomic E-state index is 13.3. The lowest BCUT2D eigenvalue weighted by Crippen LogP contribution is -2.56. The van der Waals surface area contributed by atoms with Crippen molar-refractivity contribution in [3.8, 4) is 17.2 Å². The SMILES string of the molecule is CCc1c(OC)cccc1C(=O)NN(C(=O)c1cccc2c1OCO2)C(C)(C)C. The molecule has 3 rings (SSSR count). The van der Waals surface area contributed by atoms with Crippen molar-refractivity contribution in [3.63, 3.8) is 0 Å². The van der Waals surface area contributed by atoms with Gasteiger partial charge in [0, 0.05) is 11.1 Å². The second-order valence-corrected chi connectivity index (χ2v) is 7.63. The molecule has 7 heteroatoms. The summed E-state index contributed by atoms with van der Waals surface area (Å²) in [6.45, 7) is 7.55. The largest absolute Gasteiger partial charge is 0.496 e. The lowest BCUT2D eigenvalue weighted by Gasteiger charge is -2.35. The number of hydrogen-bond acceptors (Lipinski definition) is 5. The van der Waals surface area contributed by atoms with E-state index in [1.165, 1.54) is 5.01 Å². The Labute approximate surface area is 170 Å². The van der Waals surface area contributed by atoms with E-state index in [0.29, 0.717) is 34.8 Å². The van der Waals surface area contributed by atoms with Crippen LogP contribution in [-0.2, 0) is 6.42 Å². The predicted octanol–water partition coefficient (Wildman–Crippen LogP) is 3.57. The number of amides is 2. The molecule has 0 radical (unpaired) electrons. The molecule has 1 aliphatic rings. The molecule has 1 aliphatic heterocycles. The van der Waals surface area contributed by atoms with Crippen LogP contribution >= 0.6 is 0 Å². The predicted molar refractivity (Wildman–Crippen MR) is 108 cm³/mol. The molecule has 0 unspecified atom stereocenters. The molecule has 1 N–H and O–H groups in total. The first kappa shape index (κ1) is 20.5. The number of nitrogens with zero attached hydrogens (tertiary/aromatic N) is 1. The smallest absolute Gasteiger partial charge is 0.276 e. The zero-order valence-corrected chi connectivity index (χ0v) is 17.4. The van der Waals surface area contributed by atoms with Gasteiger partial charge in [-0.2, -0.15) is 0 Å². The number of ether oxygens (including phenoxy) is 3. The molecule has 7 nitrogen and oxygen atoms in total. The van der Waals surface area contributed by atoms with Gasteiger partial charge >= 0.3 is 0 Å². The van der Waals surface area contributed by atoms with Crippen LogP contribution in [0.2, 0.25) is 0 Å². The number of methoxy groups -OCH3 is 1. The average molecular weight is 398 g/mol. The number of carbonyl (C=O) groups is 2. The van der Waals surface area contributed by atoms with Crippen LogP contribution in [0.3, 0.4) is 0 Å². The summed E-state index contributed by atoms with van der Waals surface area (Å²) in [6, 6.07) is 10.4. The second kappa shape index (κ2) is 8.03. The fourth-order valence-electron chi connectivity index (χ4n) is 3.24. The Balaban J connectivity index is 1.95. The van der Waals surface area contributed by atoms with E-state index in [0.717, 1.165) is 5.56 Å². The van der Waals surface area contributed by atoms with Gasteiger partial charge in [-0.3, -0.25) is 15.0 Å². The number of hydrazine groups is 1. The Morgan fingerprint density at radius 2 is 1.79 bits per heavy atom. The first-order valence-corrected chi connectivity index (χ1v) is 9.48. The minimum absolute atomic E-state index is 0.0607. The summed E-state index contributed by atoms with van der Waals surface area (Å²) in [6.07, 6.45) is 0.619. The van der Waals surface area contributed by atoms with Crippen molar-refractivity contribution in [2.24, 2.45) is 0 Å². The topological polar surface area (TPSA) is 77.1 Å². The van der Waals surface area contributed by atoms with Crippen molar-refractivity contribution in [2.75, 3.05) is 13.9 Å². The molecule has 154 valence electrons. The highest BCUT2D eigenvalue weighted by molar-refractivity contribution is 6.02. The molecule has 0 atom stereocenters. The van der Waals surface area contributed by atoms with E-state index in [9.17, 15) is 9.59 Å². The highest BCUT2D eigenvalue weighted by Gasteiger charge is 2.33. The number of nitrogens with one attached hydrogen (secondary N) is 1. The number of hydrogen-bond donors (Lipinski definition) is 1. The van der Waals surface area contributed by atoms with Gasteiger partial charge in [0.2, 0.25) is 6.79 Å². The quantitative estimate of drug-likeness (QED) is 0.797. The Morgan fingerprint density at radius 1 is 1.10 bits per heavy atom. The summed E-state index contributed by atoms with van der Waals surface area (Å²) in [5.74, 6) is 0.775. The van der Waals surface area contributed by atoms with Crippen LogP contribution in [0.25, 0.3) is 0 Å². The summed E-state index contributed by atoms with van der Waals surface area (Å²) in [7, 11) is 1.57. The molecule has 29 heavy (non-hydrogen) atoms. The molecule has 0 spiro atoms. The van der Waals surface area contributed by atoms with Crippen LogP contribution in [0, 0.1) is 0 Å². The van der Waals surface area contributed by atoms with Gasteiger partial charge in [0.15, 0.2) is 11.5 Å². The molecule has 0 fully saturated rings. The van der Waals surface area contributed by atoms with Gasteiger partial charge in [-0.25, -0.2) is 5.01 Å². The average Bonchev–Trinajstić information content (AvgIpc) is 3.18. The zero-order valence-electron chi connectivity index (χ0n) is 17.4. The van der Waals surface area contributed by atoms with Gasteiger partial charge in [-0.05, 0) is 51.5 Å². The zero-order chi connectivity index (χ0) is 21.2. The summed E-state index contributed by atoms with van der Waals surface area (Å²) in [5, 5.41) is 1.32. The Morgan fingerprint density at radius 3 is 2.45 bits per heavy atom. The fourth-order valence-corrected chi connectivity index (χ4v) is 3.24. The summed E-state index contributed by atoms with van der Waals surface area (Å²) in [5.41, 5.74) is 3.68. The Kier molecular flexibility index (Phi) is 5.68. The van der Waals surface area contributed by atoms with Crippen molar-refractivity contribution in [2.45, 2.75) is 39.7 Å². The number of benzene rings is 2. The molecule has 1 heterocycles. The molecular formula is C22H26N2O5. The lowest BCUT2D eigenvalue weighted by atomic mass is 10.0. The number of carbonyl (C=O) groups excluding carboxylic acids is 2. The van der Waals surface area contributed by atoms with E-state index >= 15 is 0 Å². The molecule has 0 saturated carbocycles. The normalized spacial score (nSPS) is 12.4. The van der Waals surface area contributed by atoms with Gasteiger partial charge in [0.05, 0.1) is 18.2 Å². The van der Waals surface area contributed by atoms with Gasteiger partial charge in [0.25, 0.3) is 11.8 Å². The van der Waals surface area contributed by atoms with Crippen molar-refractivity contribution in [3.05, 3.63) is 53.1 Å². The van der Waals surface area contributed by atoms with E-state index in [2.05, 4.69) is 5.43 Å². The third kappa shape index (κ3) is 3.99. The number of para-hydroxylation sites is 1. The molecular weight excluding hydrogens is 372 g/mol. The van der Waals surface area contributed by atoms with E-state index in [4.69, 9.17) is 14.2 Å². The standard InChI is InChI=1S/C22H26N2O5/c1-6-14-15(9-7-11-17(14)27-5)20(25)23-24(22(2,3)4)21(26)16-10-8-12-18-19(16)29-13-28-18/h7-12H,6,13H2,1-5H3,(H,23,25). The van der Waals surface area contributed by atoms with E-state index in [-0.39, 0.29) is 18.6 Å². The third-order valence-corrected chi connectivity index (χ3v) is 4.67. The molecule has 0 aliphatic carbocycles. The van der Waals surface area contributed by atoms with Gasteiger partial charge in [-0.15, -0.1) is 0 Å². The molecule has 0 saturated heterocycles. The first-order chi connectivity index (χ1) is 13.8. The van der Waals surface area contributed by atoms with Crippen LogP contribution in [0.5, 0.6) is 17.2 Å². The molecule has 2 aromatic rings. The molecule has 0 aromatic heterocycles. The number of fused-ring (bicyclic) bond motifs is 1. The fraction of sp³-hybridized carbons (Fsp3) is 0.364. The maximum atomic E-state index is 13.3. The van der Waals surface area contributed by atoms with Gasteiger partial charge in [0.1, 0.15) is 5.75 Å². The minimum Gasteiger partial charge on any atom is -0.496 e. The Bertz CT molecular complexity index is 933. The van der Waals surface area contributed by atoms with Crippen LogP contribution in [0.1, 0.15) is 54.0 Å². The second-order valence-electron chi connectivity index (χ2n) is 7.63. The first-order valence-electron chi connectivity index (χ1n) is 9.48. The summed E-state index contributed by atoms with van der Waals surface area (Å²) in [4.78, 5) is 26.4. The van der Waals surface area contributed by atoms with Crippen molar-refractivity contribution >= 4 is 11.8 Å². The monoisotopic (exact) mass is 398 g/mol. The minimum atomic E-state index is -0.680. The highest BCUT2D eigenvalue weighted by atomic mass is 16.7. The molecule has 2 amide bonds. The summed E-state index contributed by atoms with van der Waals surface area (Å²) < 4.78 is 16.2. The Hall–Kier alpha value is -3.22. The van der Waals surface area contributed by atoms with Crippen LogP contribution in [0.15, 0.2) is 36.4 Å². The maximum Gasteiger partial charge on any atom is 0.276 e. The highest BCUT2D eigenvalue weighted by Crippen LogP contribution is 2.36. The van der Waals surface area contributed by atoms with Crippen LogP contribution < -0.4 is 19.6 Å². The van der Waals surface area contributed by atoms with Gasteiger partial charge < -0.3 is 14.2 Å². The van der Waals surface area contributed by atoms with Crippen molar-refractivity contribution < 1.29 is 23.8 Å². The third-order valence-electron chi connectivity index (χ3n) is 4.67.